The van der Waals surface area contributed by atoms with Crippen LogP contribution in [0.4, 0.5) is 17.1 Å². The highest BCUT2D eigenvalue weighted by atomic mass is 16.2. The third-order valence-corrected chi connectivity index (χ3v) is 6.47. The first-order valence-corrected chi connectivity index (χ1v) is 11.3. The van der Waals surface area contributed by atoms with Crippen molar-refractivity contribution in [2.24, 2.45) is 5.92 Å². The fourth-order valence-corrected chi connectivity index (χ4v) is 4.72. The molecule has 2 N–H and O–H groups in total. The summed E-state index contributed by atoms with van der Waals surface area (Å²) in [4.78, 5) is 27.5. The van der Waals surface area contributed by atoms with E-state index in [0.29, 0.717) is 19.3 Å². The van der Waals surface area contributed by atoms with Crippen molar-refractivity contribution >= 4 is 28.9 Å². The van der Waals surface area contributed by atoms with E-state index in [1.165, 1.54) is 11.3 Å². The Morgan fingerprint density at radius 3 is 2.62 bits per heavy atom. The standard InChI is InChI=1S/C27H27N3O2/c31-26(14-13-21-17-20-8-1-4-10-23(20)29-27(21)32)28-24-11-5-2-9-22(24)18-30-16-15-19-7-3-6-12-25(19)30/h1-12,21H,13-18H2,(H,28,31)(H,29,32). The SMILES string of the molecule is O=C(CCC1Cc2ccccc2NC1=O)Nc1ccccc1CN1CCc2ccccc21. The van der Waals surface area contributed by atoms with Crippen molar-refractivity contribution in [2.45, 2.75) is 32.2 Å². The molecule has 2 heterocycles. The van der Waals surface area contributed by atoms with Gasteiger partial charge in [-0.3, -0.25) is 9.59 Å². The molecule has 5 heteroatoms. The van der Waals surface area contributed by atoms with E-state index in [-0.39, 0.29) is 17.7 Å². The van der Waals surface area contributed by atoms with Crippen LogP contribution >= 0.6 is 0 Å². The van der Waals surface area contributed by atoms with Crippen molar-refractivity contribution in [2.75, 3.05) is 22.1 Å². The van der Waals surface area contributed by atoms with Gasteiger partial charge in [-0.15, -0.1) is 0 Å². The molecular weight excluding hydrogens is 398 g/mol. The maximum Gasteiger partial charge on any atom is 0.227 e. The molecule has 0 bridgehead atoms. The third-order valence-electron chi connectivity index (χ3n) is 6.47. The van der Waals surface area contributed by atoms with Crippen LogP contribution in [0, 0.1) is 5.92 Å². The summed E-state index contributed by atoms with van der Waals surface area (Å²) in [5.74, 6) is -0.220. The van der Waals surface area contributed by atoms with Gasteiger partial charge in [0.05, 0.1) is 0 Å². The maximum atomic E-state index is 12.7. The van der Waals surface area contributed by atoms with Gasteiger partial charge in [0.15, 0.2) is 0 Å². The normalized spacial score (nSPS) is 16.8. The zero-order valence-corrected chi connectivity index (χ0v) is 18.0. The number of carbonyl (C=O) groups is 2. The van der Waals surface area contributed by atoms with Gasteiger partial charge in [-0.1, -0.05) is 54.6 Å². The second-order valence-corrected chi connectivity index (χ2v) is 8.59. The molecule has 0 saturated carbocycles. The molecule has 2 aliphatic heterocycles. The molecule has 162 valence electrons. The monoisotopic (exact) mass is 425 g/mol. The quantitative estimate of drug-likeness (QED) is 0.598. The number of para-hydroxylation sites is 3. The molecule has 0 spiro atoms. The van der Waals surface area contributed by atoms with Gasteiger partial charge in [-0.2, -0.15) is 0 Å². The first-order chi connectivity index (χ1) is 15.7. The topological polar surface area (TPSA) is 61.4 Å². The van der Waals surface area contributed by atoms with Gasteiger partial charge in [0.25, 0.3) is 0 Å². The Morgan fingerprint density at radius 2 is 1.72 bits per heavy atom. The summed E-state index contributed by atoms with van der Waals surface area (Å²) in [6, 6.07) is 24.4. The molecule has 1 atom stereocenters. The molecule has 0 saturated heterocycles. The lowest BCUT2D eigenvalue weighted by Gasteiger charge is -2.24. The Morgan fingerprint density at radius 1 is 0.969 bits per heavy atom. The molecule has 32 heavy (non-hydrogen) atoms. The van der Waals surface area contributed by atoms with Crippen LogP contribution in [0.15, 0.2) is 72.8 Å². The number of carbonyl (C=O) groups excluding carboxylic acids is 2. The largest absolute Gasteiger partial charge is 0.367 e. The molecule has 0 fully saturated rings. The zero-order chi connectivity index (χ0) is 21.9. The van der Waals surface area contributed by atoms with E-state index in [4.69, 9.17) is 0 Å². The van der Waals surface area contributed by atoms with Gasteiger partial charge in [-0.25, -0.2) is 0 Å². The van der Waals surface area contributed by atoms with Gasteiger partial charge in [0, 0.05) is 42.5 Å². The average Bonchev–Trinajstić information content (AvgIpc) is 3.22. The van der Waals surface area contributed by atoms with Gasteiger partial charge in [0.1, 0.15) is 0 Å². The summed E-state index contributed by atoms with van der Waals surface area (Å²) in [7, 11) is 0. The fraction of sp³-hybridized carbons (Fsp3) is 0.259. The van der Waals surface area contributed by atoms with E-state index < -0.39 is 0 Å². The molecule has 2 aliphatic rings. The van der Waals surface area contributed by atoms with E-state index in [1.807, 2.05) is 42.5 Å². The molecule has 3 aromatic carbocycles. The highest BCUT2D eigenvalue weighted by molar-refractivity contribution is 5.96. The molecule has 0 aliphatic carbocycles. The lowest BCUT2D eigenvalue weighted by molar-refractivity contribution is -0.121. The van der Waals surface area contributed by atoms with Crippen LogP contribution in [0.5, 0.6) is 0 Å². The minimum atomic E-state index is -0.174. The van der Waals surface area contributed by atoms with E-state index in [2.05, 4.69) is 45.9 Å². The predicted molar refractivity (Wildman–Crippen MR) is 128 cm³/mol. The highest BCUT2D eigenvalue weighted by Crippen LogP contribution is 2.31. The number of amides is 2. The number of fused-ring (bicyclic) bond motifs is 2. The average molecular weight is 426 g/mol. The number of benzene rings is 3. The molecule has 5 rings (SSSR count). The van der Waals surface area contributed by atoms with Gasteiger partial charge >= 0.3 is 0 Å². The first-order valence-electron chi connectivity index (χ1n) is 11.3. The summed E-state index contributed by atoms with van der Waals surface area (Å²) >= 11 is 0. The van der Waals surface area contributed by atoms with Crippen LogP contribution in [-0.4, -0.2) is 18.4 Å². The van der Waals surface area contributed by atoms with Gasteiger partial charge in [-0.05, 0) is 54.2 Å². The van der Waals surface area contributed by atoms with Gasteiger partial charge < -0.3 is 15.5 Å². The Balaban J connectivity index is 1.21. The van der Waals surface area contributed by atoms with E-state index in [0.717, 1.165) is 42.0 Å². The van der Waals surface area contributed by atoms with E-state index in [1.54, 1.807) is 0 Å². The van der Waals surface area contributed by atoms with E-state index >= 15 is 0 Å². The predicted octanol–water partition coefficient (Wildman–Crippen LogP) is 4.78. The van der Waals surface area contributed by atoms with Gasteiger partial charge in [0.2, 0.25) is 11.8 Å². The van der Waals surface area contributed by atoms with Crippen molar-refractivity contribution in [1.29, 1.82) is 0 Å². The molecule has 5 nitrogen and oxygen atoms in total. The summed E-state index contributed by atoms with van der Waals surface area (Å²) in [6.45, 7) is 1.75. The van der Waals surface area contributed by atoms with Crippen LogP contribution in [0.3, 0.4) is 0 Å². The summed E-state index contributed by atoms with van der Waals surface area (Å²) in [5, 5.41) is 6.05. The highest BCUT2D eigenvalue weighted by Gasteiger charge is 2.26. The van der Waals surface area contributed by atoms with Crippen molar-refractivity contribution in [3.05, 3.63) is 89.5 Å². The Bertz CT molecular complexity index is 1160. The number of hydrogen-bond donors (Lipinski definition) is 2. The lowest BCUT2D eigenvalue weighted by atomic mass is 9.89. The van der Waals surface area contributed by atoms with Crippen molar-refractivity contribution in [3.63, 3.8) is 0 Å². The molecule has 1 unspecified atom stereocenters. The number of hydrogen-bond acceptors (Lipinski definition) is 3. The third kappa shape index (κ3) is 4.24. The van der Waals surface area contributed by atoms with Crippen molar-refractivity contribution < 1.29 is 9.59 Å². The zero-order valence-electron chi connectivity index (χ0n) is 18.0. The molecular formula is C27H27N3O2. The fourth-order valence-electron chi connectivity index (χ4n) is 4.72. The Labute approximate surface area is 188 Å². The Hall–Kier alpha value is -3.60. The Kier molecular flexibility index (Phi) is 5.63. The molecule has 2 amide bonds. The summed E-state index contributed by atoms with van der Waals surface area (Å²) < 4.78 is 0. The molecule has 3 aromatic rings. The molecule has 0 aromatic heterocycles. The second-order valence-electron chi connectivity index (χ2n) is 8.59. The summed E-state index contributed by atoms with van der Waals surface area (Å²) in [5.41, 5.74) is 6.62. The van der Waals surface area contributed by atoms with E-state index in [9.17, 15) is 9.59 Å². The maximum absolute atomic E-state index is 12.7. The van der Waals surface area contributed by atoms with Crippen LogP contribution < -0.4 is 15.5 Å². The number of anilines is 3. The van der Waals surface area contributed by atoms with Crippen molar-refractivity contribution in [3.8, 4) is 0 Å². The smallest absolute Gasteiger partial charge is 0.227 e. The number of nitrogens with zero attached hydrogens (tertiary/aromatic N) is 1. The van der Waals surface area contributed by atoms with Crippen LogP contribution in [0.2, 0.25) is 0 Å². The van der Waals surface area contributed by atoms with Crippen LogP contribution in [0.25, 0.3) is 0 Å². The molecule has 0 radical (unpaired) electrons. The summed E-state index contributed by atoms with van der Waals surface area (Å²) in [6.07, 6.45) is 2.59. The van der Waals surface area contributed by atoms with Crippen molar-refractivity contribution in [1.82, 2.24) is 0 Å². The number of rotatable bonds is 6. The minimum Gasteiger partial charge on any atom is -0.367 e. The van der Waals surface area contributed by atoms with Crippen LogP contribution in [-0.2, 0) is 29.0 Å². The minimum absolute atomic E-state index is 0.00426. The first kappa shape index (κ1) is 20.3. The number of nitrogens with one attached hydrogen (secondary N) is 2. The lowest BCUT2D eigenvalue weighted by Crippen LogP contribution is -2.30. The second kappa shape index (κ2) is 8.87. The van der Waals surface area contributed by atoms with Crippen LogP contribution in [0.1, 0.15) is 29.5 Å².